The van der Waals surface area contributed by atoms with E-state index in [-0.39, 0.29) is 12.1 Å². The zero-order valence-corrected chi connectivity index (χ0v) is 14.4. The third-order valence-corrected chi connectivity index (χ3v) is 4.30. The van der Waals surface area contributed by atoms with E-state index >= 15 is 0 Å². The van der Waals surface area contributed by atoms with E-state index in [0.29, 0.717) is 27.9 Å². The Morgan fingerprint density at radius 3 is 2.25 bits per heavy atom. The predicted octanol–water partition coefficient (Wildman–Crippen LogP) is 3.92. The second-order valence-electron chi connectivity index (χ2n) is 6.15. The van der Waals surface area contributed by atoms with Crippen LogP contribution in [0.25, 0.3) is 22.0 Å². The second-order valence-corrected chi connectivity index (χ2v) is 6.15. The van der Waals surface area contributed by atoms with E-state index in [9.17, 15) is 18.0 Å². The van der Waals surface area contributed by atoms with E-state index in [2.05, 4.69) is 15.0 Å². The third-order valence-electron chi connectivity index (χ3n) is 4.30. The van der Waals surface area contributed by atoms with Gasteiger partial charge in [0.25, 0.3) is 5.56 Å². The van der Waals surface area contributed by atoms with Gasteiger partial charge in [-0.25, -0.2) is 15.0 Å². The Morgan fingerprint density at radius 1 is 0.893 bits per heavy atom. The van der Waals surface area contributed by atoms with E-state index in [0.717, 1.165) is 12.1 Å². The van der Waals surface area contributed by atoms with Crippen molar-refractivity contribution in [3.05, 3.63) is 89.0 Å². The quantitative estimate of drug-likeness (QED) is 0.539. The molecule has 0 spiro atoms. The Morgan fingerprint density at radius 2 is 1.57 bits per heavy atom. The molecule has 0 unspecified atom stereocenters. The first-order valence-corrected chi connectivity index (χ1v) is 8.34. The molecule has 0 N–H and O–H groups in total. The summed E-state index contributed by atoms with van der Waals surface area (Å²) < 4.78 is 39.6. The van der Waals surface area contributed by atoms with Crippen LogP contribution in [0, 0.1) is 0 Å². The fraction of sp³-hybridized carbons (Fsp3) is 0.100. The van der Waals surface area contributed by atoms with Crippen LogP contribution in [0.2, 0.25) is 0 Å². The van der Waals surface area contributed by atoms with Crippen molar-refractivity contribution in [2.24, 2.45) is 0 Å². The first-order valence-electron chi connectivity index (χ1n) is 8.34. The fourth-order valence-electron chi connectivity index (χ4n) is 2.87. The lowest BCUT2D eigenvalue weighted by molar-refractivity contribution is -0.137. The zero-order chi connectivity index (χ0) is 19.7. The van der Waals surface area contributed by atoms with Gasteiger partial charge in [-0.3, -0.25) is 9.36 Å². The number of rotatable bonds is 3. The van der Waals surface area contributed by atoms with Crippen LogP contribution in [-0.4, -0.2) is 19.5 Å². The van der Waals surface area contributed by atoms with E-state index in [1.807, 2.05) is 0 Å². The summed E-state index contributed by atoms with van der Waals surface area (Å²) in [5, 5.41) is 0.371. The standard InChI is InChI=1S/C20H13F3N4O/c21-20(22,23)15-5-2-13(3-6-15)14-4-7-17-16(10-14)19(28)27(12-26-17)11-18-24-8-1-9-25-18/h1-10,12H,11H2. The van der Waals surface area contributed by atoms with Crippen molar-refractivity contribution < 1.29 is 13.2 Å². The summed E-state index contributed by atoms with van der Waals surface area (Å²) >= 11 is 0. The molecule has 0 saturated carbocycles. The molecule has 0 aliphatic carbocycles. The molecule has 0 aliphatic rings. The highest BCUT2D eigenvalue weighted by Gasteiger charge is 2.29. The van der Waals surface area contributed by atoms with Gasteiger partial charge in [0.05, 0.1) is 29.3 Å². The van der Waals surface area contributed by atoms with Crippen LogP contribution in [0.3, 0.4) is 0 Å². The van der Waals surface area contributed by atoms with Crippen LogP contribution in [0.1, 0.15) is 11.4 Å². The van der Waals surface area contributed by atoms with Crippen molar-refractivity contribution in [1.29, 1.82) is 0 Å². The number of nitrogens with zero attached hydrogens (tertiary/aromatic N) is 4. The van der Waals surface area contributed by atoms with Gasteiger partial charge in [-0.2, -0.15) is 13.2 Å². The predicted molar refractivity (Wildman–Crippen MR) is 97.6 cm³/mol. The molecule has 4 rings (SSSR count). The van der Waals surface area contributed by atoms with Crippen LogP contribution in [0.15, 0.2) is 72.0 Å². The minimum Gasteiger partial charge on any atom is -0.291 e. The van der Waals surface area contributed by atoms with Gasteiger partial charge in [-0.1, -0.05) is 18.2 Å². The molecule has 0 bridgehead atoms. The van der Waals surface area contributed by atoms with Gasteiger partial charge in [-0.05, 0) is 41.5 Å². The van der Waals surface area contributed by atoms with E-state index in [4.69, 9.17) is 0 Å². The second kappa shape index (κ2) is 6.88. The van der Waals surface area contributed by atoms with Crippen LogP contribution < -0.4 is 5.56 Å². The number of aromatic nitrogens is 4. The first-order chi connectivity index (χ1) is 13.4. The molecule has 2 heterocycles. The molecule has 5 nitrogen and oxygen atoms in total. The van der Waals surface area contributed by atoms with E-state index in [1.54, 1.807) is 36.7 Å². The minimum atomic E-state index is -4.39. The van der Waals surface area contributed by atoms with Crippen molar-refractivity contribution in [3.8, 4) is 11.1 Å². The van der Waals surface area contributed by atoms with Crippen LogP contribution in [0.4, 0.5) is 13.2 Å². The zero-order valence-electron chi connectivity index (χ0n) is 14.4. The molecule has 140 valence electrons. The molecule has 0 fully saturated rings. The van der Waals surface area contributed by atoms with Gasteiger partial charge in [0.2, 0.25) is 0 Å². The van der Waals surface area contributed by atoms with E-state index in [1.165, 1.54) is 23.0 Å². The molecule has 0 atom stereocenters. The number of alkyl halides is 3. The van der Waals surface area contributed by atoms with Gasteiger partial charge in [-0.15, -0.1) is 0 Å². The van der Waals surface area contributed by atoms with Gasteiger partial charge in [0.15, 0.2) is 0 Å². The number of fused-ring (bicyclic) bond motifs is 1. The third kappa shape index (κ3) is 3.48. The maximum absolute atomic E-state index is 12.8. The van der Waals surface area contributed by atoms with Crippen molar-refractivity contribution in [1.82, 2.24) is 19.5 Å². The molecule has 8 heteroatoms. The van der Waals surface area contributed by atoms with Crippen molar-refractivity contribution >= 4 is 10.9 Å². The Hall–Kier alpha value is -3.55. The molecule has 28 heavy (non-hydrogen) atoms. The normalized spacial score (nSPS) is 11.7. The van der Waals surface area contributed by atoms with Gasteiger partial charge < -0.3 is 0 Å². The average molecular weight is 382 g/mol. The minimum absolute atomic E-state index is 0.174. The smallest absolute Gasteiger partial charge is 0.291 e. The van der Waals surface area contributed by atoms with Crippen molar-refractivity contribution in [2.75, 3.05) is 0 Å². The topological polar surface area (TPSA) is 60.7 Å². The lowest BCUT2D eigenvalue weighted by atomic mass is 10.0. The highest BCUT2D eigenvalue weighted by molar-refractivity contribution is 5.83. The molecular formula is C20H13F3N4O. The highest BCUT2D eigenvalue weighted by Crippen LogP contribution is 2.31. The van der Waals surface area contributed by atoms with E-state index < -0.39 is 11.7 Å². The van der Waals surface area contributed by atoms with Crippen molar-refractivity contribution in [2.45, 2.75) is 12.7 Å². The summed E-state index contributed by atoms with van der Waals surface area (Å²) in [4.78, 5) is 25.3. The molecule has 0 amide bonds. The monoisotopic (exact) mass is 382 g/mol. The van der Waals surface area contributed by atoms with Gasteiger partial charge in [0, 0.05) is 12.4 Å². The Bertz CT molecular complexity index is 1190. The number of hydrogen-bond donors (Lipinski definition) is 0. The van der Waals surface area contributed by atoms with Gasteiger partial charge in [0.1, 0.15) is 5.82 Å². The molecule has 0 radical (unpaired) electrons. The molecule has 4 aromatic rings. The molecule has 0 saturated heterocycles. The summed E-state index contributed by atoms with van der Waals surface area (Å²) in [6.07, 6.45) is 0.215. The van der Waals surface area contributed by atoms with Crippen LogP contribution >= 0.6 is 0 Å². The highest BCUT2D eigenvalue weighted by atomic mass is 19.4. The maximum atomic E-state index is 12.8. The number of benzene rings is 2. The number of hydrogen-bond acceptors (Lipinski definition) is 4. The van der Waals surface area contributed by atoms with Gasteiger partial charge >= 0.3 is 6.18 Å². The van der Waals surface area contributed by atoms with Crippen LogP contribution in [0.5, 0.6) is 0 Å². The molecule has 2 aromatic carbocycles. The summed E-state index contributed by atoms with van der Waals surface area (Å²) in [6.45, 7) is 0.174. The Kier molecular flexibility index (Phi) is 4.38. The van der Waals surface area contributed by atoms with Crippen molar-refractivity contribution in [3.63, 3.8) is 0 Å². The average Bonchev–Trinajstić information content (AvgIpc) is 2.70. The summed E-state index contributed by atoms with van der Waals surface area (Å²) in [7, 11) is 0. The first kappa shape index (κ1) is 17.8. The summed E-state index contributed by atoms with van der Waals surface area (Å²) in [5.74, 6) is 0.477. The largest absolute Gasteiger partial charge is 0.416 e. The summed E-state index contributed by atoms with van der Waals surface area (Å²) in [6, 6.07) is 11.5. The lowest BCUT2D eigenvalue weighted by Gasteiger charge is -2.09. The Balaban J connectivity index is 1.73. The molecule has 2 aromatic heterocycles. The SMILES string of the molecule is O=c1c2cc(-c3ccc(C(F)(F)F)cc3)ccc2ncn1Cc1ncccn1. The number of halogens is 3. The fourth-order valence-corrected chi connectivity index (χ4v) is 2.87. The molecular weight excluding hydrogens is 369 g/mol. The summed E-state index contributed by atoms with van der Waals surface area (Å²) in [5.41, 5.74) is 0.728. The molecule has 0 aliphatic heterocycles. The lowest BCUT2D eigenvalue weighted by Crippen LogP contribution is -2.22. The Labute approximate surface area is 157 Å². The van der Waals surface area contributed by atoms with Crippen LogP contribution in [-0.2, 0) is 12.7 Å². The maximum Gasteiger partial charge on any atom is 0.416 e.